The number of aliphatic hydroxyl groups is 1. The van der Waals surface area contributed by atoms with Crippen LogP contribution in [-0.2, 0) is 4.79 Å². The Labute approximate surface area is 95.5 Å². The number of aliphatic carboxylic acids is 1. The predicted octanol–water partition coefficient (Wildman–Crippen LogP) is 2.23. The van der Waals surface area contributed by atoms with E-state index in [2.05, 4.69) is 0 Å². The van der Waals surface area contributed by atoms with E-state index < -0.39 is 12.1 Å². The average Bonchev–Trinajstić information content (AvgIpc) is 2.29. The number of hydrogen-bond donors (Lipinski definition) is 2. The smallest absolute Gasteiger partial charge is 0.303 e. The van der Waals surface area contributed by atoms with E-state index in [4.69, 9.17) is 14.9 Å². The lowest BCUT2D eigenvalue weighted by Gasteiger charge is -2.04. The van der Waals surface area contributed by atoms with Crippen molar-refractivity contribution >= 4 is 5.97 Å². The summed E-state index contributed by atoms with van der Waals surface area (Å²) >= 11 is 0. The van der Waals surface area contributed by atoms with Gasteiger partial charge in [0, 0.05) is 6.42 Å². The molecule has 0 fully saturated rings. The van der Waals surface area contributed by atoms with Crippen LogP contribution in [0.4, 0.5) is 0 Å². The zero-order chi connectivity index (χ0) is 12.6. The summed E-state index contributed by atoms with van der Waals surface area (Å²) in [5.41, 5.74) is 0.908. The topological polar surface area (TPSA) is 66.8 Å². The number of carboxylic acid groups (broad SMARTS) is 1. The van der Waals surface area contributed by atoms with E-state index >= 15 is 0 Å². The number of aliphatic hydroxyl groups excluding tert-OH is 1. The first-order valence-corrected chi connectivity index (χ1v) is 5.05. The second kappa shape index (κ2) is 7.70. The van der Waals surface area contributed by atoms with Gasteiger partial charge in [0.1, 0.15) is 5.75 Å². The maximum absolute atomic E-state index is 9.37. The lowest BCUT2D eigenvalue weighted by molar-refractivity contribution is -0.136. The van der Waals surface area contributed by atoms with Gasteiger partial charge in [-0.1, -0.05) is 19.1 Å². The molecule has 90 valence electrons. The number of benzene rings is 1. The molecule has 0 saturated carbocycles. The first-order valence-electron chi connectivity index (χ1n) is 5.05. The standard InChI is InChI=1S/C9H12O2.C3H6O2/c1-7(10)8-3-5-9(11-2)6-4-8;1-2-3(4)5/h3-7,10H,1-2H3;2H2,1H3,(H,4,5). The van der Waals surface area contributed by atoms with Crippen LogP contribution in [-0.4, -0.2) is 23.3 Å². The summed E-state index contributed by atoms with van der Waals surface area (Å²) in [5, 5.41) is 16.9. The zero-order valence-electron chi connectivity index (χ0n) is 9.80. The fourth-order valence-corrected chi connectivity index (χ4v) is 0.882. The van der Waals surface area contributed by atoms with Gasteiger partial charge in [0.05, 0.1) is 13.2 Å². The van der Waals surface area contributed by atoms with Gasteiger partial charge in [-0.05, 0) is 24.6 Å². The van der Waals surface area contributed by atoms with Crippen molar-refractivity contribution < 1.29 is 19.7 Å². The Morgan fingerprint density at radius 3 is 2.06 bits per heavy atom. The molecule has 1 rings (SSSR count). The molecule has 1 unspecified atom stereocenters. The van der Waals surface area contributed by atoms with Crippen LogP contribution in [0, 0.1) is 0 Å². The van der Waals surface area contributed by atoms with Crippen LogP contribution in [0.5, 0.6) is 5.75 Å². The summed E-state index contributed by atoms with van der Waals surface area (Å²) in [5.74, 6) is 0.0689. The summed E-state index contributed by atoms with van der Waals surface area (Å²) in [7, 11) is 1.62. The minimum atomic E-state index is -0.745. The van der Waals surface area contributed by atoms with Crippen molar-refractivity contribution in [2.24, 2.45) is 0 Å². The van der Waals surface area contributed by atoms with Crippen molar-refractivity contribution in [3.63, 3.8) is 0 Å². The Morgan fingerprint density at radius 2 is 1.81 bits per heavy atom. The number of carbonyl (C=O) groups is 1. The van der Waals surface area contributed by atoms with Crippen LogP contribution in [0.15, 0.2) is 24.3 Å². The van der Waals surface area contributed by atoms with Gasteiger partial charge < -0.3 is 14.9 Å². The molecule has 0 aromatic heterocycles. The molecule has 1 atom stereocenters. The zero-order valence-corrected chi connectivity index (χ0v) is 9.80. The van der Waals surface area contributed by atoms with Crippen molar-refractivity contribution in [3.05, 3.63) is 29.8 Å². The third-order valence-corrected chi connectivity index (χ3v) is 1.90. The predicted molar refractivity (Wildman–Crippen MR) is 61.6 cm³/mol. The molecule has 2 N–H and O–H groups in total. The van der Waals surface area contributed by atoms with Crippen molar-refractivity contribution in [1.82, 2.24) is 0 Å². The highest BCUT2D eigenvalue weighted by molar-refractivity contribution is 5.66. The van der Waals surface area contributed by atoms with E-state index in [-0.39, 0.29) is 6.42 Å². The second-order valence-corrected chi connectivity index (χ2v) is 3.20. The highest BCUT2D eigenvalue weighted by Gasteiger charge is 1.98. The van der Waals surface area contributed by atoms with Gasteiger partial charge in [-0.2, -0.15) is 0 Å². The summed E-state index contributed by atoms with van der Waals surface area (Å²) in [4.78, 5) is 9.37. The first kappa shape index (κ1) is 14.5. The highest BCUT2D eigenvalue weighted by Crippen LogP contribution is 2.16. The minimum Gasteiger partial charge on any atom is -0.497 e. The molecule has 0 aliphatic carbocycles. The molecule has 0 radical (unpaired) electrons. The number of methoxy groups -OCH3 is 1. The first-order chi connectivity index (χ1) is 7.51. The SMILES string of the molecule is CCC(=O)O.COc1ccc(C(C)O)cc1. The molecule has 1 aromatic carbocycles. The summed E-state index contributed by atoms with van der Waals surface area (Å²) < 4.78 is 4.97. The van der Waals surface area contributed by atoms with Crippen molar-refractivity contribution in [2.45, 2.75) is 26.4 Å². The molecule has 0 aliphatic rings. The molecule has 1 aromatic rings. The maximum atomic E-state index is 9.37. The van der Waals surface area contributed by atoms with E-state index in [1.165, 1.54) is 0 Å². The largest absolute Gasteiger partial charge is 0.497 e. The fraction of sp³-hybridized carbons (Fsp3) is 0.417. The fourth-order valence-electron chi connectivity index (χ4n) is 0.882. The van der Waals surface area contributed by atoms with Crippen LogP contribution in [0.25, 0.3) is 0 Å². The van der Waals surface area contributed by atoms with E-state index in [0.29, 0.717) is 0 Å². The van der Waals surface area contributed by atoms with Gasteiger partial charge in [0.2, 0.25) is 0 Å². The molecule has 0 bridgehead atoms. The molecule has 0 amide bonds. The van der Waals surface area contributed by atoms with Gasteiger partial charge in [-0.15, -0.1) is 0 Å². The lowest BCUT2D eigenvalue weighted by atomic mass is 10.1. The van der Waals surface area contributed by atoms with Gasteiger partial charge in [-0.25, -0.2) is 0 Å². The van der Waals surface area contributed by atoms with Crippen LogP contribution in [0.1, 0.15) is 31.9 Å². The molecule has 16 heavy (non-hydrogen) atoms. The van der Waals surface area contributed by atoms with E-state index in [1.807, 2.05) is 24.3 Å². The molecule has 0 saturated heterocycles. The number of hydrogen-bond acceptors (Lipinski definition) is 3. The Balaban J connectivity index is 0.000000385. The normalized spacial score (nSPS) is 11.0. The minimum absolute atomic E-state index is 0.222. The Kier molecular flexibility index (Phi) is 6.96. The average molecular weight is 226 g/mol. The van der Waals surface area contributed by atoms with Crippen LogP contribution >= 0.6 is 0 Å². The van der Waals surface area contributed by atoms with Crippen LogP contribution < -0.4 is 4.74 Å². The Morgan fingerprint density at radius 1 is 1.38 bits per heavy atom. The quantitative estimate of drug-likeness (QED) is 0.829. The van der Waals surface area contributed by atoms with E-state index in [0.717, 1.165) is 11.3 Å². The van der Waals surface area contributed by atoms with Gasteiger partial charge in [0.15, 0.2) is 0 Å². The molecule has 4 nitrogen and oxygen atoms in total. The summed E-state index contributed by atoms with van der Waals surface area (Å²) in [6.45, 7) is 3.34. The highest BCUT2D eigenvalue weighted by atomic mass is 16.5. The third-order valence-electron chi connectivity index (χ3n) is 1.90. The molecular formula is C12H18O4. The second-order valence-electron chi connectivity index (χ2n) is 3.20. The van der Waals surface area contributed by atoms with Gasteiger partial charge in [-0.3, -0.25) is 4.79 Å². The van der Waals surface area contributed by atoms with Gasteiger partial charge in [0.25, 0.3) is 0 Å². The molecule has 0 heterocycles. The number of rotatable bonds is 3. The van der Waals surface area contributed by atoms with Crippen LogP contribution in [0.3, 0.4) is 0 Å². The van der Waals surface area contributed by atoms with E-state index in [9.17, 15) is 4.79 Å². The maximum Gasteiger partial charge on any atom is 0.303 e. The molecule has 0 spiro atoms. The van der Waals surface area contributed by atoms with Crippen LogP contribution in [0.2, 0.25) is 0 Å². The monoisotopic (exact) mass is 226 g/mol. The third kappa shape index (κ3) is 6.03. The van der Waals surface area contributed by atoms with Crippen molar-refractivity contribution in [3.8, 4) is 5.75 Å². The molecule has 0 aliphatic heterocycles. The molecular weight excluding hydrogens is 208 g/mol. The Hall–Kier alpha value is -1.55. The molecule has 4 heteroatoms. The van der Waals surface area contributed by atoms with Gasteiger partial charge >= 0.3 is 5.97 Å². The Bertz CT molecular complexity index is 303. The number of ether oxygens (including phenoxy) is 1. The van der Waals surface area contributed by atoms with E-state index in [1.54, 1.807) is 21.0 Å². The van der Waals surface area contributed by atoms with Crippen molar-refractivity contribution in [2.75, 3.05) is 7.11 Å². The van der Waals surface area contributed by atoms with Crippen molar-refractivity contribution in [1.29, 1.82) is 0 Å². The summed E-state index contributed by atoms with van der Waals surface area (Å²) in [6, 6.07) is 7.37. The summed E-state index contributed by atoms with van der Waals surface area (Å²) in [6.07, 6.45) is -0.180. The number of carboxylic acids is 1. The lowest BCUT2D eigenvalue weighted by Crippen LogP contribution is -1.90.